The standard InChI is InChI=1S/C11H25N/c1-10(2,3)8-6-7-9-11(4,5)12/h6-9,12H2,1-5H3. The largest absolute Gasteiger partial charge is 0.326 e. The SMILES string of the molecule is CC(C)(C)CCCCC(C)(C)N. The lowest BCUT2D eigenvalue weighted by molar-refractivity contribution is 0.344. The predicted octanol–water partition coefficient (Wildman–Crippen LogP) is 3.33. The molecule has 0 aromatic heterocycles. The number of hydrogen-bond acceptors (Lipinski definition) is 1. The molecule has 0 saturated carbocycles. The second kappa shape index (κ2) is 4.27. The lowest BCUT2D eigenvalue weighted by Crippen LogP contribution is -2.31. The van der Waals surface area contributed by atoms with Gasteiger partial charge in [0, 0.05) is 5.54 Å². The molecule has 0 spiro atoms. The third kappa shape index (κ3) is 9.96. The molecule has 0 fully saturated rings. The van der Waals surface area contributed by atoms with Crippen molar-refractivity contribution in [2.75, 3.05) is 0 Å². The van der Waals surface area contributed by atoms with E-state index < -0.39 is 0 Å². The van der Waals surface area contributed by atoms with Gasteiger partial charge in [0.2, 0.25) is 0 Å². The Labute approximate surface area is 77.7 Å². The van der Waals surface area contributed by atoms with E-state index in [-0.39, 0.29) is 5.54 Å². The number of rotatable bonds is 4. The molecule has 74 valence electrons. The summed E-state index contributed by atoms with van der Waals surface area (Å²) in [6.45, 7) is 11.1. The maximum atomic E-state index is 5.89. The molecule has 0 aliphatic rings. The highest BCUT2D eigenvalue weighted by Gasteiger charge is 2.12. The molecular formula is C11H25N. The Hall–Kier alpha value is -0.0400. The predicted molar refractivity (Wildman–Crippen MR) is 56.2 cm³/mol. The third-order valence-corrected chi connectivity index (χ3v) is 2.00. The molecule has 0 aromatic carbocycles. The summed E-state index contributed by atoms with van der Waals surface area (Å²) in [5.74, 6) is 0. The molecule has 0 heterocycles. The van der Waals surface area contributed by atoms with Crippen LogP contribution in [0.3, 0.4) is 0 Å². The smallest absolute Gasteiger partial charge is 0.00970 e. The van der Waals surface area contributed by atoms with Gasteiger partial charge in [-0.1, -0.05) is 33.6 Å². The van der Waals surface area contributed by atoms with Crippen LogP contribution >= 0.6 is 0 Å². The van der Waals surface area contributed by atoms with E-state index in [9.17, 15) is 0 Å². The van der Waals surface area contributed by atoms with E-state index in [2.05, 4.69) is 34.6 Å². The normalized spacial score (nSPS) is 13.5. The molecule has 12 heavy (non-hydrogen) atoms. The van der Waals surface area contributed by atoms with Crippen LogP contribution in [0.2, 0.25) is 0 Å². The Morgan fingerprint density at radius 1 is 0.833 bits per heavy atom. The van der Waals surface area contributed by atoms with Gasteiger partial charge < -0.3 is 5.73 Å². The minimum atomic E-state index is 0.0257. The van der Waals surface area contributed by atoms with E-state index in [1.807, 2.05) is 0 Å². The zero-order chi connectivity index (χ0) is 9.83. The molecule has 0 bridgehead atoms. The molecule has 0 rings (SSSR count). The average molecular weight is 171 g/mol. The van der Waals surface area contributed by atoms with E-state index in [4.69, 9.17) is 5.73 Å². The fraction of sp³-hybridized carbons (Fsp3) is 1.00. The number of hydrogen-bond donors (Lipinski definition) is 1. The summed E-state index contributed by atoms with van der Waals surface area (Å²) in [6.07, 6.45) is 5.02. The Bertz CT molecular complexity index is 97.9. The molecule has 1 heteroatoms. The Balaban J connectivity index is 3.35. The maximum Gasteiger partial charge on any atom is 0.00970 e. The van der Waals surface area contributed by atoms with Gasteiger partial charge in [-0.25, -0.2) is 0 Å². The summed E-state index contributed by atoms with van der Waals surface area (Å²) < 4.78 is 0. The van der Waals surface area contributed by atoms with Crippen LogP contribution in [-0.4, -0.2) is 5.54 Å². The van der Waals surface area contributed by atoms with Crippen molar-refractivity contribution >= 4 is 0 Å². The average Bonchev–Trinajstić information content (AvgIpc) is 1.76. The van der Waals surface area contributed by atoms with E-state index in [0.29, 0.717) is 5.41 Å². The molecule has 0 saturated heterocycles. The van der Waals surface area contributed by atoms with Crippen LogP contribution in [-0.2, 0) is 0 Å². The van der Waals surface area contributed by atoms with Crippen LogP contribution in [0.25, 0.3) is 0 Å². The zero-order valence-corrected chi connectivity index (χ0v) is 9.41. The van der Waals surface area contributed by atoms with Gasteiger partial charge in [0.05, 0.1) is 0 Å². The number of unbranched alkanes of at least 4 members (excludes halogenated alkanes) is 1. The fourth-order valence-corrected chi connectivity index (χ4v) is 1.24. The Kier molecular flexibility index (Phi) is 4.25. The van der Waals surface area contributed by atoms with Crippen molar-refractivity contribution in [3.05, 3.63) is 0 Å². The van der Waals surface area contributed by atoms with Crippen LogP contribution in [0.1, 0.15) is 60.3 Å². The van der Waals surface area contributed by atoms with Crippen molar-refractivity contribution in [3.63, 3.8) is 0 Å². The highest BCUT2D eigenvalue weighted by molar-refractivity contribution is 4.71. The van der Waals surface area contributed by atoms with Gasteiger partial charge in [-0.05, 0) is 32.1 Å². The first kappa shape index (κ1) is 12.0. The third-order valence-electron chi connectivity index (χ3n) is 2.00. The molecule has 0 aromatic rings. The second-order valence-corrected chi connectivity index (χ2v) is 5.76. The molecule has 0 atom stereocenters. The molecule has 0 aliphatic heterocycles. The van der Waals surface area contributed by atoms with Gasteiger partial charge in [-0.3, -0.25) is 0 Å². The van der Waals surface area contributed by atoms with Crippen LogP contribution in [0, 0.1) is 5.41 Å². The van der Waals surface area contributed by atoms with Crippen molar-refractivity contribution in [3.8, 4) is 0 Å². The highest BCUT2D eigenvalue weighted by Crippen LogP contribution is 2.23. The first-order valence-electron chi connectivity index (χ1n) is 5.00. The summed E-state index contributed by atoms with van der Waals surface area (Å²) in [4.78, 5) is 0. The van der Waals surface area contributed by atoms with Crippen molar-refractivity contribution in [2.24, 2.45) is 11.1 Å². The highest BCUT2D eigenvalue weighted by atomic mass is 14.7. The van der Waals surface area contributed by atoms with Crippen molar-refractivity contribution in [1.29, 1.82) is 0 Å². The molecule has 0 radical (unpaired) electrons. The van der Waals surface area contributed by atoms with Crippen LogP contribution < -0.4 is 5.73 Å². The van der Waals surface area contributed by atoms with Gasteiger partial charge >= 0.3 is 0 Å². The number of nitrogens with two attached hydrogens (primary N) is 1. The van der Waals surface area contributed by atoms with Crippen LogP contribution in [0.4, 0.5) is 0 Å². The first-order chi connectivity index (χ1) is 5.21. The maximum absolute atomic E-state index is 5.89. The fourth-order valence-electron chi connectivity index (χ4n) is 1.24. The van der Waals surface area contributed by atoms with E-state index in [0.717, 1.165) is 6.42 Å². The molecule has 1 nitrogen and oxygen atoms in total. The Morgan fingerprint density at radius 3 is 1.58 bits per heavy atom. The molecule has 0 amide bonds. The van der Waals surface area contributed by atoms with Gasteiger partial charge in [-0.15, -0.1) is 0 Å². The van der Waals surface area contributed by atoms with Crippen molar-refractivity contribution in [1.82, 2.24) is 0 Å². The van der Waals surface area contributed by atoms with Gasteiger partial charge in [-0.2, -0.15) is 0 Å². The summed E-state index contributed by atoms with van der Waals surface area (Å²) >= 11 is 0. The van der Waals surface area contributed by atoms with Crippen LogP contribution in [0.5, 0.6) is 0 Å². The van der Waals surface area contributed by atoms with Crippen molar-refractivity contribution < 1.29 is 0 Å². The molecule has 0 aliphatic carbocycles. The van der Waals surface area contributed by atoms with E-state index in [1.165, 1.54) is 19.3 Å². The van der Waals surface area contributed by atoms with Gasteiger partial charge in [0.15, 0.2) is 0 Å². The molecular weight excluding hydrogens is 146 g/mol. The topological polar surface area (TPSA) is 26.0 Å². The van der Waals surface area contributed by atoms with E-state index in [1.54, 1.807) is 0 Å². The summed E-state index contributed by atoms with van der Waals surface area (Å²) in [5.41, 5.74) is 6.40. The summed E-state index contributed by atoms with van der Waals surface area (Å²) in [6, 6.07) is 0. The molecule has 0 unspecified atom stereocenters. The Morgan fingerprint density at radius 2 is 1.25 bits per heavy atom. The van der Waals surface area contributed by atoms with Gasteiger partial charge in [0.25, 0.3) is 0 Å². The minimum Gasteiger partial charge on any atom is -0.326 e. The molecule has 2 N–H and O–H groups in total. The van der Waals surface area contributed by atoms with E-state index >= 15 is 0 Å². The van der Waals surface area contributed by atoms with Crippen molar-refractivity contribution in [2.45, 2.75) is 65.8 Å². The lowest BCUT2D eigenvalue weighted by Gasteiger charge is -2.21. The monoisotopic (exact) mass is 171 g/mol. The summed E-state index contributed by atoms with van der Waals surface area (Å²) in [7, 11) is 0. The first-order valence-corrected chi connectivity index (χ1v) is 5.00. The lowest BCUT2D eigenvalue weighted by atomic mass is 9.88. The second-order valence-electron chi connectivity index (χ2n) is 5.76. The van der Waals surface area contributed by atoms with Gasteiger partial charge in [0.1, 0.15) is 0 Å². The summed E-state index contributed by atoms with van der Waals surface area (Å²) in [5, 5.41) is 0. The minimum absolute atomic E-state index is 0.0257. The quantitative estimate of drug-likeness (QED) is 0.645. The van der Waals surface area contributed by atoms with Crippen LogP contribution in [0.15, 0.2) is 0 Å². The zero-order valence-electron chi connectivity index (χ0n) is 9.41.